The van der Waals surface area contributed by atoms with Crippen LogP contribution in [-0.2, 0) is 6.54 Å². The predicted molar refractivity (Wildman–Crippen MR) is 80.9 cm³/mol. The maximum absolute atomic E-state index is 12.3. The summed E-state index contributed by atoms with van der Waals surface area (Å²) in [6.45, 7) is 10.0. The number of rotatable bonds is 5. The Hall–Kier alpha value is -1.20. The van der Waals surface area contributed by atoms with E-state index in [-0.39, 0.29) is 5.56 Å². The molecule has 0 bridgehead atoms. The molecule has 104 valence electrons. The van der Waals surface area contributed by atoms with Crippen molar-refractivity contribution in [2.75, 3.05) is 6.54 Å². The number of hydrogen-bond donors (Lipinski definition) is 1. The van der Waals surface area contributed by atoms with Gasteiger partial charge >= 0.3 is 0 Å². The van der Waals surface area contributed by atoms with Crippen molar-refractivity contribution in [1.82, 2.24) is 14.9 Å². The molecular formula is C14H21N3OS. The first-order chi connectivity index (χ1) is 8.99. The number of thiophene rings is 1. The van der Waals surface area contributed by atoms with Gasteiger partial charge in [0.2, 0.25) is 0 Å². The quantitative estimate of drug-likeness (QED) is 0.914. The molecule has 0 aromatic carbocycles. The van der Waals surface area contributed by atoms with Crippen LogP contribution in [-0.4, -0.2) is 22.1 Å². The highest BCUT2D eigenvalue weighted by Gasteiger charge is 2.10. The van der Waals surface area contributed by atoms with E-state index in [1.165, 1.54) is 11.3 Å². The van der Waals surface area contributed by atoms with Crippen LogP contribution in [0.2, 0.25) is 0 Å². The summed E-state index contributed by atoms with van der Waals surface area (Å²) in [5.74, 6) is 0.403. The van der Waals surface area contributed by atoms with Crippen molar-refractivity contribution in [2.24, 2.45) is 5.92 Å². The van der Waals surface area contributed by atoms with E-state index in [1.54, 1.807) is 10.9 Å². The first-order valence-electron chi connectivity index (χ1n) is 6.65. The normalized spacial score (nSPS) is 13.3. The number of nitrogens with one attached hydrogen (secondary N) is 1. The van der Waals surface area contributed by atoms with E-state index in [4.69, 9.17) is 0 Å². The average Bonchev–Trinajstić information content (AvgIpc) is 2.73. The standard InChI is InChI=1S/C14H21N3OS/c1-9(2)15-5-10(3)6-17-8-16-12-11(4)7-19-13(12)14(17)18/h7-10,15H,5-6H2,1-4H3. The van der Waals surface area contributed by atoms with Crippen LogP contribution in [0.5, 0.6) is 0 Å². The highest BCUT2D eigenvalue weighted by molar-refractivity contribution is 7.17. The van der Waals surface area contributed by atoms with Crippen LogP contribution < -0.4 is 10.9 Å². The molecule has 2 heterocycles. The van der Waals surface area contributed by atoms with Crippen LogP contribution in [0.15, 0.2) is 16.5 Å². The zero-order valence-electron chi connectivity index (χ0n) is 11.9. The van der Waals surface area contributed by atoms with Gasteiger partial charge in [-0.05, 0) is 30.3 Å². The molecule has 0 fully saturated rings. The Morgan fingerprint density at radius 3 is 2.84 bits per heavy atom. The topological polar surface area (TPSA) is 46.9 Å². The summed E-state index contributed by atoms with van der Waals surface area (Å²) in [7, 11) is 0. The second kappa shape index (κ2) is 5.84. The summed E-state index contributed by atoms with van der Waals surface area (Å²) in [4.78, 5) is 16.7. The van der Waals surface area contributed by atoms with Gasteiger partial charge in [-0.2, -0.15) is 0 Å². The van der Waals surface area contributed by atoms with Crippen LogP contribution in [0.4, 0.5) is 0 Å². The Labute approximate surface area is 117 Å². The Morgan fingerprint density at radius 1 is 1.42 bits per heavy atom. The summed E-state index contributed by atoms with van der Waals surface area (Å²) in [6.07, 6.45) is 1.68. The average molecular weight is 279 g/mol. The Kier molecular flexibility index (Phi) is 4.37. The van der Waals surface area contributed by atoms with Gasteiger partial charge in [-0.1, -0.05) is 20.8 Å². The molecule has 0 aliphatic rings. The fourth-order valence-corrected chi connectivity index (χ4v) is 2.98. The number of hydrogen-bond acceptors (Lipinski definition) is 4. The molecule has 1 N–H and O–H groups in total. The van der Waals surface area contributed by atoms with Gasteiger partial charge in [0.1, 0.15) is 4.70 Å². The molecule has 0 saturated carbocycles. The maximum atomic E-state index is 12.3. The summed E-state index contributed by atoms with van der Waals surface area (Å²) >= 11 is 1.49. The molecule has 2 aromatic rings. The monoisotopic (exact) mass is 279 g/mol. The Morgan fingerprint density at radius 2 is 2.16 bits per heavy atom. The molecule has 0 radical (unpaired) electrons. The molecule has 0 saturated heterocycles. The third-order valence-electron chi connectivity index (χ3n) is 3.11. The van der Waals surface area contributed by atoms with Crippen molar-refractivity contribution in [2.45, 2.75) is 40.3 Å². The minimum Gasteiger partial charge on any atom is -0.314 e. The largest absolute Gasteiger partial charge is 0.314 e. The zero-order chi connectivity index (χ0) is 14.0. The van der Waals surface area contributed by atoms with Crippen LogP contribution >= 0.6 is 11.3 Å². The van der Waals surface area contributed by atoms with Crippen molar-refractivity contribution in [3.63, 3.8) is 0 Å². The molecule has 1 atom stereocenters. The minimum atomic E-state index is 0.0829. The van der Waals surface area contributed by atoms with Crippen LogP contribution in [0.1, 0.15) is 26.3 Å². The summed E-state index contributed by atoms with van der Waals surface area (Å²) in [5.41, 5.74) is 2.01. The number of aromatic nitrogens is 2. The molecule has 0 amide bonds. The Bertz CT molecular complexity index is 615. The number of fused-ring (bicyclic) bond motifs is 1. The second-order valence-corrected chi connectivity index (χ2v) is 6.35. The lowest BCUT2D eigenvalue weighted by atomic mass is 10.1. The van der Waals surface area contributed by atoms with Crippen molar-refractivity contribution < 1.29 is 0 Å². The minimum absolute atomic E-state index is 0.0829. The van der Waals surface area contributed by atoms with Gasteiger partial charge in [0.25, 0.3) is 5.56 Å². The molecule has 1 unspecified atom stereocenters. The van der Waals surface area contributed by atoms with Crippen molar-refractivity contribution in [1.29, 1.82) is 0 Å². The molecule has 2 aromatic heterocycles. The van der Waals surface area contributed by atoms with E-state index in [0.29, 0.717) is 18.5 Å². The van der Waals surface area contributed by atoms with E-state index in [0.717, 1.165) is 22.3 Å². The van der Waals surface area contributed by atoms with Gasteiger partial charge in [-0.3, -0.25) is 9.36 Å². The highest BCUT2D eigenvalue weighted by atomic mass is 32.1. The van der Waals surface area contributed by atoms with E-state index in [1.807, 2.05) is 12.3 Å². The summed E-state index contributed by atoms with van der Waals surface area (Å²) in [5, 5.41) is 5.39. The van der Waals surface area contributed by atoms with E-state index in [2.05, 4.69) is 31.1 Å². The van der Waals surface area contributed by atoms with Crippen molar-refractivity contribution in [3.05, 3.63) is 27.6 Å². The second-order valence-electron chi connectivity index (χ2n) is 5.47. The lowest BCUT2D eigenvalue weighted by Crippen LogP contribution is -2.32. The first-order valence-corrected chi connectivity index (χ1v) is 7.53. The molecule has 5 heteroatoms. The van der Waals surface area contributed by atoms with Crippen molar-refractivity contribution in [3.8, 4) is 0 Å². The number of nitrogens with zero attached hydrogens (tertiary/aromatic N) is 2. The third kappa shape index (κ3) is 3.22. The van der Waals surface area contributed by atoms with Crippen molar-refractivity contribution >= 4 is 21.6 Å². The fraction of sp³-hybridized carbons (Fsp3) is 0.571. The maximum Gasteiger partial charge on any atom is 0.271 e. The Balaban J connectivity index is 2.17. The van der Waals surface area contributed by atoms with Gasteiger partial charge in [-0.15, -0.1) is 11.3 Å². The van der Waals surface area contributed by atoms with Gasteiger partial charge < -0.3 is 5.32 Å². The molecule has 2 rings (SSSR count). The first kappa shape index (κ1) is 14.2. The number of aryl methyl sites for hydroxylation is 1. The SMILES string of the molecule is Cc1csc2c(=O)n(CC(C)CNC(C)C)cnc12. The molecule has 0 aliphatic carbocycles. The lowest BCUT2D eigenvalue weighted by molar-refractivity contribution is 0.419. The van der Waals surface area contributed by atoms with E-state index >= 15 is 0 Å². The van der Waals surface area contributed by atoms with Gasteiger partial charge in [0.05, 0.1) is 11.8 Å². The smallest absolute Gasteiger partial charge is 0.271 e. The van der Waals surface area contributed by atoms with E-state index in [9.17, 15) is 4.79 Å². The zero-order valence-corrected chi connectivity index (χ0v) is 12.8. The fourth-order valence-electron chi connectivity index (χ4n) is 2.03. The third-order valence-corrected chi connectivity index (χ3v) is 4.18. The van der Waals surface area contributed by atoms with Gasteiger partial charge in [0.15, 0.2) is 0 Å². The molecular weight excluding hydrogens is 258 g/mol. The van der Waals surface area contributed by atoms with E-state index < -0.39 is 0 Å². The van der Waals surface area contributed by atoms with Crippen LogP contribution in [0, 0.1) is 12.8 Å². The highest BCUT2D eigenvalue weighted by Crippen LogP contribution is 2.19. The molecule has 0 spiro atoms. The van der Waals surface area contributed by atoms with Crippen LogP contribution in [0.3, 0.4) is 0 Å². The molecule has 0 aliphatic heterocycles. The summed E-state index contributed by atoms with van der Waals surface area (Å²) < 4.78 is 2.49. The predicted octanol–water partition coefficient (Wildman–Crippen LogP) is 2.40. The lowest BCUT2D eigenvalue weighted by Gasteiger charge is -2.15. The van der Waals surface area contributed by atoms with Crippen LogP contribution in [0.25, 0.3) is 10.2 Å². The van der Waals surface area contributed by atoms with Gasteiger partial charge in [0, 0.05) is 12.6 Å². The van der Waals surface area contributed by atoms with Gasteiger partial charge in [-0.25, -0.2) is 4.98 Å². The molecule has 19 heavy (non-hydrogen) atoms. The summed E-state index contributed by atoms with van der Waals surface area (Å²) in [6, 6.07) is 0.472. The molecule has 4 nitrogen and oxygen atoms in total.